The standard InChI is InChI=1S/C48H29N3O2/c1-3-11-30(12-4-1)31-19-21-33(22-20-31)46-49-45(32-13-5-2-6-14-32)50-47(51-46)34-23-24-35-40(29-34)48(39-25-26-41-36(44(35)39)27-28-52-41)37-15-7-9-17-42(37)53-43-18-10-8-16-38(43)48/h1-29H. The molecule has 53 heavy (non-hydrogen) atoms. The van der Waals surface area contributed by atoms with E-state index in [9.17, 15) is 0 Å². The molecule has 0 bridgehead atoms. The molecule has 0 N–H and O–H groups in total. The van der Waals surface area contributed by atoms with Crippen molar-refractivity contribution in [2.75, 3.05) is 0 Å². The highest BCUT2D eigenvalue weighted by molar-refractivity contribution is 6.03. The summed E-state index contributed by atoms with van der Waals surface area (Å²) in [6.45, 7) is 0. The fourth-order valence-electron chi connectivity index (χ4n) is 8.37. The molecule has 0 saturated heterocycles. The first-order chi connectivity index (χ1) is 26.3. The molecule has 248 valence electrons. The van der Waals surface area contributed by atoms with Gasteiger partial charge in [-0.2, -0.15) is 0 Å². The number of nitrogens with zero attached hydrogens (tertiary/aromatic N) is 3. The van der Waals surface area contributed by atoms with Crippen molar-refractivity contribution in [2.24, 2.45) is 0 Å². The Bertz CT molecular complexity index is 2820. The molecule has 1 aliphatic heterocycles. The third-order valence-electron chi connectivity index (χ3n) is 10.7. The Morgan fingerprint density at radius 1 is 0.396 bits per heavy atom. The Morgan fingerprint density at radius 3 is 1.60 bits per heavy atom. The van der Waals surface area contributed by atoms with Gasteiger partial charge in [0.05, 0.1) is 11.7 Å². The number of aromatic nitrogens is 3. The first-order valence-electron chi connectivity index (χ1n) is 17.8. The van der Waals surface area contributed by atoms with Crippen LogP contribution in [0.15, 0.2) is 181 Å². The first kappa shape index (κ1) is 29.6. The van der Waals surface area contributed by atoms with Gasteiger partial charge in [-0.3, -0.25) is 0 Å². The van der Waals surface area contributed by atoms with Gasteiger partial charge in [-0.15, -0.1) is 0 Å². The maximum atomic E-state index is 6.60. The predicted octanol–water partition coefficient (Wildman–Crippen LogP) is 11.8. The molecule has 0 radical (unpaired) electrons. The molecule has 0 fully saturated rings. The minimum absolute atomic E-state index is 0.608. The van der Waals surface area contributed by atoms with Gasteiger partial charge in [0.1, 0.15) is 17.1 Å². The van der Waals surface area contributed by atoms with Gasteiger partial charge in [0.25, 0.3) is 0 Å². The van der Waals surface area contributed by atoms with Crippen LogP contribution in [-0.2, 0) is 5.41 Å². The zero-order valence-corrected chi connectivity index (χ0v) is 28.4. The van der Waals surface area contributed by atoms with Crippen LogP contribution in [0.5, 0.6) is 11.5 Å². The normalized spacial score (nSPS) is 13.2. The molecule has 0 atom stereocenters. The molecule has 5 nitrogen and oxygen atoms in total. The molecule has 11 rings (SSSR count). The van der Waals surface area contributed by atoms with Gasteiger partial charge in [-0.25, -0.2) is 15.0 Å². The van der Waals surface area contributed by atoms with Crippen LogP contribution in [0.25, 0.3) is 67.4 Å². The van der Waals surface area contributed by atoms with Gasteiger partial charge in [0, 0.05) is 33.2 Å². The number of benzene rings is 7. The average molecular weight is 680 g/mol. The van der Waals surface area contributed by atoms with E-state index in [2.05, 4.69) is 121 Å². The number of furan rings is 1. The lowest BCUT2D eigenvalue weighted by atomic mass is 9.66. The molecule has 2 aromatic heterocycles. The minimum atomic E-state index is -0.650. The number of hydrogen-bond acceptors (Lipinski definition) is 5. The van der Waals surface area contributed by atoms with Crippen LogP contribution < -0.4 is 4.74 Å². The Kier molecular flexibility index (Phi) is 6.40. The summed E-state index contributed by atoms with van der Waals surface area (Å²) >= 11 is 0. The molecule has 3 heterocycles. The Hall–Kier alpha value is -7.11. The van der Waals surface area contributed by atoms with E-state index in [0.29, 0.717) is 17.5 Å². The Balaban J connectivity index is 1.16. The maximum Gasteiger partial charge on any atom is 0.164 e. The molecule has 0 saturated carbocycles. The van der Waals surface area contributed by atoms with E-state index in [4.69, 9.17) is 24.1 Å². The second kappa shape index (κ2) is 11.5. The minimum Gasteiger partial charge on any atom is -0.464 e. The van der Waals surface area contributed by atoms with Gasteiger partial charge in [0.15, 0.2) is 17.5 Å². The molecule has 0 unspecified atom stereocenters. The summed E-state index contributed by atoms with van der Waals surface area (Å²) in [5, 5.41) is 1.09. The largest absolute Gasteiger partial charge is 0.464 e. The van der Waals surface area contributed by atoms with Crippen molar-refractivity contribution in [1.82, 2.24) is 15.0 Å². The second-order valence-electron chi connectivity index (χ2n) is 13.5. The van der Waals surface area contributed by atoms with Crippen LogP contribution in [0.1, 0.15) is 22.3 Å². The lowest BCUT2D eigenvalue weighted by Gasteiger charge is -2.39. The number of fused-ring (bicyclic) bond motifs is 11. The van der Waals surface area contributed by atoms with E-state index in [1.165, 1.54) is 11.1 Å². The van der Waals surface area contributed by atoms with Gasteiger partial charge in [-0.1, -0.05) is 140 Å². The number of ether oxygens (including phenoxy) is 1. The molecular formula is C48H29N3O2. The van der Waals surface area contributed by atoms with Crippen LogP contribution in [0, 0.1) is 0 Å². The molecule has 5 heteroatoms. The summed E-state index contributed by atoms with van der Waals surface area (Å²) in [5.41, 5.74) is 12.1. The van der Waals surface area contributed by atoms with Crippen LogP contribution in [-0.4, -0.2) is 15.0 Å². The van der Waals surface area contributed by atoms with E-state index in [-0.39, 0.29) is 0 Å². The van der Waals surface area contributed by atoms with E-state index >= 15 is 0 Å². The average Bonchev–Trinajstić information content (AvgIpc) is 3.83. The van der Waals surface area contributed by atoms with Crippen LogP contribution in [0.2, 0.25) is 0 Å². The molecule has 0 amide bonds. The van der Waals surface area contributed by atoms with Crippen LogP contribution in [0.4, 0.5) is 0 Å². The van der Waals surface area contributed by atoms with Crippen molar-refractivity contribution in [3.63, 3.8) is 0 Å². The third-order valence-corrected chi connectivity index (χ3v) is 10.7. The van der Waals surface area contributed by atoms with Crippen LogP contribution >= 0.6 is 0 Å². The summed E-state index contributed by atoms with van der Waals surface area (Å²) in [5.74, 6) is 3.54. The van der Waals surface area contributed by atoms with E-state index in [1.807, 2.05) is 48.5 Å². The number of rotatable bonds is 4. The van der Waals surface area contributed by atoms with E-state index in [0.717, 1.165) is 72.5 Å². The van der Waals surface area contributed by atoms with Gasteiger partial charge < -0.3 is 9.15 Å². The van der Waals surface area contributed by atoms with Crippen molar-refractivity contribution < 1.29 is 9.15 Å². The fourth-order valence-corrected chi connectivity index (χ4v) is 8.37. The quantitative estimate of drug-likeness (QED) is 0.185. The summed E-state index contributed by atoms with van der Waals surface area (Å²) in [7, 11) is 0. The first-order valence-corrected chi connectivity index (χ1v) is 17.8. The number of para-hydroxylation sites is 2. The summed E-state index contributed by atoms with van der Waals surface area (Å²) < 4.78 is 12.6. The molecule has 7 aromatic carbocycles. The van der Waals surface area contributed by atoms with Crippen molar-refractivity contribution >= 4 is 11.0 Å². The lowest BCUT2D eigenvalue weighted by molar-refractivity contribution is 0.436. The number of hydrogen-bond donors (Lipinski definition) is 0. The smallest absolute Gasteiger partial charge is 0.164 e. The van der Waals surface area contributed by atoms with Gasteiger partial charge in [0.2, 0.25) is 0 Å². The van der Waals surface area contributed by atoms with Crippen LogP contribution in [0.3, 0.4) is 0 Å². The third kappa shape index (κ3) is 4.41. The fraction of sp³-hybridized carbons (Fsp3) is 0.0208. The van der Waals surface area contributed by atoms with Gasteiger partial charge in [-0.05, 0) is 63.7 Å². The Labute approximate surface area is 305 Å². The summed E-state index contributed by atoms with van der Waals surface area (Å²) in [6, 6.07) is 58.8. The topological polar surface area (TPSA) is 61.0 Å². The van der Waals surface area contributed by atoms with Gasteiger partial charge >= 0.3 is 0 Å². The molecule has 9 aromatic rings. The second-order valence-corrected chi connectivity index (χ2v) is 13.5. The highest BCUT2D eigenvalue weighted by atomic mass is 16.5. The van der Waals surface area contributed by atoms with Crippen molar-refractivity contribution in [1.29, 1.82) is 0 Å². The molecule has 1 spiro atoms. The predicted molar refractivity (Wildman–Crippen MR) is 209 cm³/mol. The molecule has 2 aliphatic rings. The Morgan fingerprint density at radius 2 is 0.925 bits per heavy atom. The highest BCUT2D eigenvalue weighted by Gasteiger charge is 2.51. The van der Waals surface area contributed by atoms with E-state index < -0.39 is 5.41 Å². The van der Waals surface area contributed by atoms with Crippen molar-refractivity contribution in [3.8, 4) is 67.9 Å². The maximum absolute atomic E-state index is 6.60. The monoisotopic (exact) mass is 679 g/mol. The summed E-state index contributed by atoms with van der Waals surface area (Å²) in [4.78, 5) is 15.3. The van der Waals surface area contributed by atoms with E-state index in [1.54, 1.807) is 6.26 Å². The molecular weight excluding hydrogens is 651 g/mol. The summed E-state index contributed by atoms with van der Waals surface area (Å²) in [6.07, 6.45) is 1.78. The van der Waals surface area contributed by atoms with Crippen molar-refractivity contribution in [2.45, 2.75) is 5.41 Å². The highest BCUT2D eigenvalue weighted by Crippen LogP contribution is 2.63. The SMILES string of the molecule is c1ccc(-c2ccc(-c3nc(-c4ccccc4)nc(-c4ccc5c(c4)C4(c6ccccc6Oc6ccccc64)c4ccc6occc6c4-5)n3)cc2)cc1. The zero-order valence-electron chi connectivity index (χ0n) is 28.4. The zero-order chi connectivity index (χ0) is 34.9. The lowest BCUT2D eigenvalue weighted by Crippen LogP contribution is -2.32. The molecule has 1 aliphatic carbocycles. The van der Waals surface area contributed by atoms with Crippen molar-refractivity contribution in [3.05, 3.63) is 198 Å².